The minimum Gasteiger partial charge on any atom is -0.493 e. The Morgan fingerprint density at radius 2 is 2.07 bits per heavy atom. The van der Waals surface area contributed by atoms with E-state index in [4.69, 9.17) is 18.9 Å². The van der Waals surface area contributed by atoms with E-state index >= 15 is 0 Å². The van der Waals surface area contributed by atoms with Gasteiger partial charge in [0.2, 0.25) is 0 Å². The van der Waals surface area contributed by atoms with Gasteiger partial charge in [-0.25, -0.2) is 4.99 Å². The minimum atomic E-state index is 0.552. The molecule has 0 fully saturated rings. The summed E-state index contributed by atoms with van der Waals surface area (Å²) >= 11 is 0. The molecule has 1 aromatic carbocycles. The normalized spacial score (nSPS) is 11.4. The molecule has 0 aliphatic rings. The highest BCUT2D eigenvalue weighted by Crippen LogP contribution is 2.21. The first kappa shape index (κ1) is 20.8. The Hall–Kier alpha value is -2.47. The standard InChI is InChI=1S/C21H31N3O3/c1-4-22-21(23-11-10-19-7-5-13-26-19)24-16-18-9-8-17(2)15-20(18)27-14-6-12-25-3/h5,7-9,13,15H,4,6,10-12,14,16H2,1-3H3,(H2,22,23,24). The molecule has 0 amide bonds. The van der Waals surface area contributed by atoms with Crippen LogP contribution in [0.2, 0.25) is 0 Å². The molecular weight excluding hydrogens is 342 g/mol. The van der Waals surface area contributed by atoms with Crippen molar-refractivity contribution < 1.29 is 13.9 Å². The van der Waals surface area contributed by atoms with Crippen molar-refractivity contribution in [3.05, 3.63) is 53.5 Å². The van der Waals surface area contributed by atoms with Crippen LogP contribution in [-0.2, 0) is 17.7 Å². The average molecular weight is 373 g/mol. The zero-order valence-electron chi connectivity index (χ0n) is 16.6. The van der Waals surface area contributed by atoms with Gasteiger partial charge in [0.15, 0.2) is 5.96 Å². The van der Waals surface area contributed by atoms with Crippen molar-refractivity contribution in [2.45, 2.75) is 33.2 Å². The van der Waals surface area contributed by atoms with E-state index in [0.29, 0.717) is 19.8 Å². The molecule has 6 heteroatoms. The van der Waals surface area contributed by atoms with Crippen LogP contribution in [0.4, 0.5) is 0 Å². The van der Waals surface area contributed by atoms with Crippen LogP contribution in [0.25, 0.3) is 0 Å². The fourth-order valence-electron chi connectivity index (χ4n) is 2.58. The number of guanidine groups is 1. The van der Waals surface area contributed by atoms with Crippen LogP contribution in [0.15, 0.2) is 46.0 Å². The van der Waals surface area contributed by atoms with Crippen molar-refractivity contribution in [2.24, 2.45) is 4.99 Å². The van der Waals surface area contributed by atoms with Gasteiger partial charge in [-0.05, 0) is 37.6 Å². The Morgan fingerprint density at radius 1 is 1.19 bits per heavy atom. The fraction of sp³-hybridized carbons (Fsp3) is 0.476. The van der Waals surface area contributed by atoms with E-state index in [0.717, 1.165) is 49.0 Å². The second kappa shape index (κ2) is 12.0. The summed E-state index contributed by atoms with van der Waals surface area (Å²) in [5.74, 6) is 2.64. The number of nitrogens with one attached hydrogen (secondary N) is 2. The van der Waals surface area contributed by atoms with Gasteiger partial charge >= 0.3 is 0 Å². The van der Waals surface area contributed by atoms with Crippen LogP contribution in [0, 0.1) is 6.92 Å². The molecule has 0 atom stereocenters. The zero-order chi connectivity index (χ0) is 19.3. The summed E-state index contributed by atoms with van der Waals surface area (Å²) in [6.45, 7) is 7.57. The number of benzene rings is 1. The van der Waals surface area contributed by atoms with E-state index in [2.05, 4.69) is 42.7 Å². The number of rotatable bonds is 11. The summed E-state index contributed by atoms with van der Waals surface area (Å²) < 4.78 is 16.4. The van der Waals surface area contributed by atoms with Gasteiger partial charge < -0.3 is 24.5 Å². The van der Waals surface area contributed by atoms with Crippen LogP contribution >= 0.6 is 0 Å². The lowest BCUT2D eigenvalue weighted by molar-refractivity contribution is 0.172. The lowest BCUT2D eigenvalue weighted by Gasteiger charge is -2.13. The third-order valence-corrected chi connectivity index (χ3v) is 3.97. The third-order valence-electron chi connectivity index (χ3n) is 3.97. The molecule has 2 rings (SSSR count). The number of nitrogens with zero attached hydrogens (tertiary/aromatic N) is 1. The van der Waals surface area contributed by atoms with Gasteiger partial charge in [-0.1, -0.05) is 12.1 Å². The third kappa shape index (κ3) is 7.74. The number of hydrogen-bond acceptors (Lipinski definition) is 4. The SMILES string of the molecule is CCNC(=NCc1ccc(C)cc1OCCCOC)NCCc1ccco1. The van der Waals surface area contributed by atoms with Crippen LogP contribution < -0.4 is 15.4 Å². The Balaban J connectivity index is 1.94. The van der Waals surface area contributed by atoms with Crippen molar-refractivity contribution in [1.82, 2.24) is 10.6 Å². The van der Waals surface area contributed by atoms with Crippen LogP contribution in [0.3, 0.4) is 0 Å². The summed E-state index contributed by atoms with van der Waals surface area (Å²) in [4.78, 5) is 4.70. The monoisotopic (exact) mass is 373 g/mol. The molecule has 2 N–H and O–H groups in total. The topological polar surface area (TPSA) is 68.0 Å². The molecule has 148 valence electrons. The maximum atomic E-state index is 5.94. The van der Waals surface area contributed by atoms with Gasteiger partial charge in [0.1, 0.15) is 11.5 Å². The van der Waals surface area contributed by atoms with E-state index in [-0.39, 0.29) is 0 Å². The molecule has 2 aromatic rings. The lowest BCUT2D eigenvalue weighted by Crippen LogP contribution is -2.38. The second-order valence-electron chi connectivity index (χ2n) is 6.26. The molecule has 27 heavy (non-hydrogen) atoms. The molecule has 0 aliphatic carbocycles. The zero-order valence-corrected chi connectivity index (χ0v) is 16.6. The molecule has 0 radical (unpaired) electrons. The minimum absolute atomic E-state index is 0.552. The van der Waals surface area contributed by atoms with Crippen molar-refractivity contribution in [3.8, 4) is 5.75 Å². The van der Waals surface area contributed by atoms with Crippen molar-refractivity contribution in [1.29, 1.82) is 0 Å². The summed E-state index contributed by atoms with van der Waals surface area (Å²) in [5.41, 5.74) is 2.24. The summed E-state index contributed by atoms with van der Waals surface area (Å²) in [6, 6.07) is 10.1. The molecule has 0 unspecified atom stereocenters. The molecule has 1 heterocycles. The van der Waals surface area contributed by atoms with Gasteiger partial charge in [-0.15, -0.1) is 0 Å². The number of ether oxygens (including phenoxy) is 2. The van der Waals surface area contributed by atoms with E-state index in [9.17, 15) is 0 Å². The number of aryl methyl sites for hydroxylation is 1. The second-order valence-corrected chi connectivity index (χ2v) is 6.26. The summed E-state index contributed by atoms with van der Waals surface area (Å²) in [6.07, 6.45) is 3.38. The Bertz CT molecular complexity index is 684. The highest BCUT2D eigenvalue weighted by atomic mass is 16.5. The van der Waals surface area contributed by atoms with E-state index in [1.54, 1.807) is 13.4 Å². The Morgan fingerprint density at radius 3 is 2.81 bits per heavy atom. The summed E-state index contributed by atoms with van der Waals surface area (Å²) in [5, 5.41) is 6.62. The van der Waals surface area contributed by atoms with Gasteiger partial charge in [0, 0.05) is 45.2 Å². The number of hydrogen-bond donors (Lipinski definition) is 2. The first-order valence-corrected chi connectivity index (χ1v) is 9.48. The average Bonchev–Trinajstić information content (AvgIpc) is 3.18. The van der Waals surface area contributed by atoms with E-state index in [1.807, 2.05) is 12.1 Å². The molecule has 0 bridgehead atoms. The highest BCUT2D eigenvalue weighted by molar-refractivity contribution is 5.79. The highest BCUT2D eigenvalue weighted by Gasteiger charge is 2.06. The molecule has 1 aromatic heterocycles. The predicted octanol–water partition coefficient (Wildman–Crippen LogP) is 3.30. The molecule has 0 aliphatic heterocycles. The predicted molar refractivity (Wildman–Crippen MR) is 108 cm³/mol. The van der Waals surface area contributed by atoms with Crippen LogP contribution in [-0.4, -0.2) is 39.4 Å². The molecule has 0 saturated carbocycles. The quantitative estimate of drug-likeness (QED) is 0.359. The van der Waals surface area contributed by atoms with Gasteiger partial charge in [0.05, 0.1) is 19.4 Å². The van der Waals surface area contributed by atoms with E-state index in [1.165, 1.54) is 5.56 Å². The van der Waals surface area contributed by atoms with Crippen molar-refractivity contribution >= 4 is 5.96 Å². The number of furan rings is 1. The summed E-state index contributed by atoms with van der Waals surface area (Å²) in [7, 11) is 1.70. The van der Waals surface area contributed by atoms with Gasteiger partial charge in [0.25, 0.3) is 0 Å². The number of aliphatic imine (C=N–C) groups is 1. The smallest absolute Gasteiger partial charge is 0.191 e. The maximum Gasteiger partial charge on any atom is 0.191 e. The molecule has 0 saturated heterocycles. The van der Waals surface area contributed by atoms with Crippen molar-refractivity contribution in [2.75, 3.05) is 33.4 Å². The van der Waals surface area contributed by atoms with Crippen molar-refractivity contribution in [3.63, 3.8) is 0 Å². The molecular formula is C21H31N3O3. The van der Waals surface area contributed by atoms with Gasteiger partial charge in [-0.3, -0.25) is 0 Å². The van der Waals surface area contributed by atoms with Gasteiger partial charge in [-0.2, -0.15) is 0 Å². The molecule has 6 nitrogen and oxygen atoms in total. The first-order chi connectivity index (χ1) is 13.2. The molecule has 0 spiro atoms. The first-order valence-electron chi connectivity index (χ1n) is 9.48. The lowest BCUT2D eigenvalue weighted by atomic mass is 10.1. The maximum absolute atomic E-state index is 5.94. The number of methoxy groups -OCH3 is 1. The Kier molecular flexibility index (Phi) is 9.27. The van der Waals surface area contributed by atoms with E-state index < -0.39 is 0 Å². The van der Waals surface area contributed by atoms with Crippen LogP contribution in [0.1, 0.15) is 30.2 Å². The fourth-order valence-corrected chi connectivity index (χ4v) is 2.58. The largest absolute Gasteiger partial charge is 0.493 e. The van der Waals surface area contributed by atoms with Crippen LogP contribution in [0.5, 0.6) is 5.75 Å². The Labute approximate surface area is 162 Å².